The van der Waals surface area contributed by atoms with Gasteiger partial charge in [-0.1, -0.05) is 187 Å². The van der Waals surface area contributed by atoms with Gasteiger partial charge in [-0.15, -0.1) is 0 Å². The lowest BCUT2D eigenvalue weighted by molar-refractivity contribution is -0.125. The minimum absolute atomic E-state index is 0.0421. The highest BCUT2D eigenvalue weighted by Crippen LogP contribution is 2.16. The molecule has 0 saturated carbocycles. The minimum Gasteiger partial charge on any atom is -0.394 e. The Labute approximate surface area is 262 Å². The van der Waals surface area contributed by atoms with Crippen molar-refractivity contribution in [1.82, 2.24) is 5.32 Å². The van der Waals surface area contributed by atoms with Crippen molar-refractivity contribution >= 4 is 5.91 Å². The predicted molar refractivity (Wildman–Crippen MR) is 181 cm³/mol. The van der Waals surface area contributed by atoms with Crippen LogP contribution < -0.4 is 5.32 Å². The van der Waals surface area contributed by atoms with Gasteiger partial charge in [-0.05, 0) is 12.8 Å². The van der Waals surface area contributed by atoms with Crippen LogP contribution >= 0.6 is 0 Å². The number of hydrogen-bond donors (Lipinski definition) is 4. The standard InChI is InChI=1S/C37H75NO4/c1-3-5-7-9-11-13-15-17-18-19-20-22-24-26-28-30-34(40)32-37(42)38-35(33-39)36(41)31-29-27-25-23-21-16-14-12-10-8-6-4-2/h34-36,39-41H,3-33H2,1-2H3,(H,38,42). The summed E-state index contributed by atoms with van der Waals surface area (Å²) in [7, 11) is 0. The first-order valence-electron chi connectivity index (χ1n) is 18.8. The third-order valence-corrected chi connectivity index (χ3v) is 8.92. The van der Waals surface area contributed by atoms with Gasteiger partial charge in [0.15, 0.2) is 0 Å². The molecule has 42 heavy (non-hydrogen) atoms. The second-order valence-electron chi connectivity index (χ2n) is 13.2. The second kappa shape index (κ2) is 33.2. The topological polar surface area (TPSA) is 89.8 Å². The zero-order chi connectivity index (χ0) is 30.9. The summed E-state index contributed by atoms with van der Waals surface area (Å²) in [5.41, 5.74) is 0. The molecule has 5 heteroatoms. The van der Waals surface area contributed by atoms with Gasteiger partial charge in [-0.25, -0.2) is 0 Å². The SMILES string of the molecule is CCCCCCCCCCCCCCCCCC(O)CC(=O)NC(CO)C(O)CCCCCCCCCCCCCC. The molecule has 1 amide bonds. The molecule has 0 heterocycles. The number of carbonyl (C=O) groups is 1. The number of aliphatic hydroxyl groups is 3. The molecule has 3 unspecified atom stereocenters. The monoisotopic (exact) mass is 598 g/mol. The maximum Gasteiger partial charge on any atom is 0.222 e. The number of rotatable bonds is 34. The van der Waals surface area contributed by atoms with Crippen molar-refractivity contribution in [2.75, 3.05) is 6.61 Å². The van der Waals surface area contributed by atoms with E-state index in [2.05, 4.69) is 19.2 Å². The molecule has 0 spiro atoms. The molecule has 0 saturated heterocycles. The summed E-state index contributed by atoms with van der Waals surface area (Å²) < 4.78 is 0. The summed E-state index contributed by atoms with van der Waals surface area (Å²) in [4.78, 5) is 12.4. The van der Waals surface area contributed by atoms with Crippen LogP contribution in [0.3, 0.4) is 0 Å². The lowest BCUT2D eigenvalue weighted by Gasteiger charge is -2.23. The van der Waals surface area contributed by atoms with Crippen LogP contribution in [0.15, 0.2) is 0 Å². The van der Waals surface area contributed by atoms with Crippen LogP contribution in [0.25, 0.3) is 0 Å². The number of amides is 1. The van der Waals surface area contributed by atoms with E-state index in [9.17, 15) is 20.1 Å². The lowest BCUT2D eigenvalue weighted by atomic mass is 10.0. The Kier molecular flexibility index (Phi) is 32.7. The number of hydrogen-bond acceptors (Lipinski definition) is 4. The van der Waals surface area contributed by atoms with Gasteiger partial charge in [0.1, 0.15) is 0 Å². The number of aliphatic hydroxyl groups excluding tert-OH is 3. The van der Waals surface area contributed by atoms with Crippen molar-refractivity contribution in [2.24, 2.45) is 0 Å². The van der Waals surface area contributed by atoms with E-state index in [1.54, 1.807) is 0 Å². The Balaban J connectivity index is 3.64. The van der Waals surface area contributed by atoms with Crippen LogP contribution in [-0.4, -0.2) is 46.1 Å². The number of nitrogens with one attached hydrogen (secondary N) is 1. The van der Waals surface area contributed by atoms with Crippen LogP contribution in [0.2, 0.25) is 0 Å². The fourth-order valence-electron chi connectivity index (χ4n) is 5.99. The summed E-state index contributed by atoms with van der Waals surface area (Å²) in [5.74, 6) is -0.281. The molecule has 252 valence electrons. The predicted octanol–water partition coefficient (Wildman–Crippen LogP) is 9.93. The maximum atomic E-state index is 12.4. The zero-order valence-electron chi connectivity index (χ0n) is 28.4. The Morgan fingerprint density at radius 2 is 0.810 bits per heavy atom. The number of unbranched alkanes of at least 4 members (excludes halogenated alkanes) is 25. The molecular weight excluding hydrogens is 522 g/mol. The molecule has 0 bridgehead atoms. The van der Waals surface area contributed by atoms with Crippen molar-refractivity contribution in [1.29, 1.82) is 0 Å². The van der Waals surface area contributed by atoms with E-state index in [0.717, 1.165) is 25.7 Å². The molecule has 3 atom stereocenters. The van der Waals surface area contributed by atoms with E-state index in [1.165, 1.54) is 148 Å². The van der Waals surface area contributed by atoms with Gasteiger partial charge in [0.05, 0.1) is 31.3 Å². The van der Waals surface area contributed by atoms with Crippen molar-refractivity contribution in [3.8, 4) is 0 Å². The molecular formula is C37H75NO4. The molecule has 0 fully saturated rings. The summed E-state index contributed by atoms with van der Waals surface area (Å²) in [6.07, 6.45) is 34.8. The van der Waals surface area contributed by atoms with Crippen LogP contribution in [0.5, 0.6) is 0 Å². The van der Waals surface area contributed by atoms with Crippen LogP contribution in [0.1, 0.15) is 206 Å². The Bertz CT molecular complexity index is 544. The van der Waals surface area contributed by atoms with E-state index in [0.29, 0.717) is 12.8 Å². The van der Waals surface area contributed by atoms with Gasteiger partial charge in [-0.3, -0.25) is 4.79 Å². The minimum atomic E-state index is -0.741. The highest BCUT2D eigenvalue weighted by Gasteiger charge is 2.21. The summed E-state index contributed by atoms with van der Waals surface area (Å²) >= 11 is 0. The van der Waals surface area contributed by atoms with Gasteiger partial charge in [-0.2, -0.15) is 0 Å². The molecule has 0 aromatic heterocycles. The first-order valence-corrected chi connectivity index (χ1v) is 18.8. The molecule has 4 N–H and O–H groups in total. The Morgan fingerprint density at radius 3 is 1.14 bits per heavy atom. The first-order chi connectivity index (χ1) is 20.5. The van der Waals surface area contributed by atoms with Crippen molar-refractivity contribution in [3.05, 3.63) is 0 Å². The third-order valence-electron chi connectivity index (χ3n) is 8.92. The van der Waals surface area contributed by atoms with Gasteiger partial charge < -0.3 is 20.6 Å². The number of carbonyl (C=O) groups excluding carboxylic acids is 1. The quantitative estimate of drug-likeness (QED) is 0.0556. The third kappa shape index (κ3) is 29.4. The first kappa shape index (κ1) is 41.4. The molecule has 0 radical (unpaired) electrons. The van der Waals surface area contributed by atoms with E-state index >= 15 is 0 Å². The fraction of sp³-hybridized carbons (Fsp3) is 0.973. The average molecular weight is 598 g/mol. The second-order valence-corrected chi connectivity index (χ2v) is 13.2. The zero-order valence-corrected chi connectivity index (χ0v) is 28.4. The summed E-state index contributed by atoms with van der Waals surface area (Å²) in [5, 5.41) is 33.2. The van der Waals surface area contributed by atoms with Crippen LogP contribution in [0.4, 0.5) is 0 Å². The fourth-order valence-corrected chi connectivity index (χ4v) is 5.99. The van der Waals surface area contributed by atoms with Crippen LogP contribution in [0, 0.1) is 0 Å². The Morgan fingerprint density at radius 1 is 0.500 bits per heavy atom. The molecule has 0 aliphatic heterocycles. The molecule has 0 aromatic rings. The van der Waals surface area contributed by atoms with Crippen molar-refractivity contribution in [2.45, 2.75) is 225 Å². The molecule has 0 rings (SSSR count). The largest absolute Gasteiger partial charge is 0.394 e. The van der Waals surface area contributed by atoms with Gasteiger partial charge in [0.2, 0.25) is 5.91 Å². The average Bonchev–Trinajstić information content (AvgIpc) is 2.98. The van der Waals surface area contributed by atoms with E-state index in [4.69, 9.17) is 0 Å². The normalized spacial score (nSPS) is 13.7. The summed E-state index contributed by atoms with van der Waals surface area (Å²) in [6.45, 7) is 4.25. The molecule has 0 aliphatic rings. The van der Waals surface area contributed by atoms with Gasteiger partial charge in [0.25, 0.3) is 0 Å². The highest BCUT2D eigenvalue weighted by molar-refractivity contribution is 5.76. The van der Waals surface area contributed by atoms with Crippen LogP contribution in [-0.2, 0) is 4.79 Å². The Hall–Kier alpha value is -0.650. The molecule has 5 nitrogen and oxygen atoms in total. The lowest BCUT2D eigenvalue weighted by Crippen LogP contribution is -2.46. The van der Waals surface area contributed by atoms with Crippen molar-refractivity contribution in [3.63, 3.8) is 0 Å². The van der Waals surface area contributed by atoms with E-state index in [1.807, 2.05) is 0 Å². The highest BCUT2D eigenvalue weighted by atomic mass is 16.3. The maximum absolute atomic E-state index is 12.4. The van der Waals surface area contributed by atoms with Gasteiger partial charge in [0, 0.05) is 0 Å². The molecule has 0 aliphatic carbocycles. The smallest absolute Gasteiger partial charge is 0.222 e. The van der Waals surface area contributed by atoms with E-state index in [-0.39, 0.29) is 18.9 Å². The van der Waals surface area contributed by atoms with E-state index < -0.39 is 18.2 Å². The van der Waals surface area contributed by atoms with Gasteiger partial charge >= 0.3 is 0 Å². The summed E-state index contributed by atoms with van der Waals surface area (Å²) in [6, 6.07) is -0.650. The molecule has 0 aromatic carbocycles. The van der Waals surface area contributed by atoms with Crippen molar-refractivity contribution < 1.29 is 20.1 Å².